The number of hydrogen-bond donors (Lipinski definition) is 1. The van der Waals surface area contributed by atoms with E-state index in [0.29, 0.717) is 24.7 Å². The van der Waals surface area contributed by atoms with Crippen LogP contribution in [0.25, 0.3) is 0 Å². The van der Waals surface area contributed by atoms with Crippen LogP contribution in [0.3, 0.4) is 0 Å². The predicted octanol–water partition coefficient (Wildman–Crippen LogP) is 1.82. The molecular formula is C24H39N5O3. The first-order chi connectivity index (χ1) is 15.6. The van der Waals surface area contributed by atoms with Gasteiger partial charge in [-0.15, -0.1) is 6.58 Å². The fourth-order valence-electron chi connectivity index (χ4n) is 5.22. The molecule has 1 aliphatic carbocycles. The summed E-state index contributed by atoms with van der Waals surface area (Å²) in [5.74, 6) is 0.599. The standard InChI is InChI=1S/C24H39N5O3/c1-2-3-8-21(30)17-26-9-11-27(12-10-26)18-23-25-22(19-32-23)24(31)29-15-13-28(14-16-29)20-6-4-5-7-20/h2,19-21,30H,1,3-18H2. The lowest BCUT2D eigenvalue weighted by atomic mass is 10.1. The third-order valence-corrected chi connectivity index (χ3v) is 7.21. The third kappa shape index (κ3) is 6.19. The van der Waals surface area contributed by atoms with E-state index in [1.807, 2.05) is 11.0 Å². The Morgan fingerprint density at radius 3 is 2.50 bits per heavy atom. The molecule has 4 rings (SSSR count). The molecule has 8 heteroatoms. The number of nitrogens with zero attached hydrogens (tertiary/aromatic N) is 5. The summed E-state index contributed by atoms with van der Waals surface area (Å²) in [6.45, 7) is 12.2. The second kappa shape index (κ2) is 11.4. The van der Waals surface area contributed by atoms with E-state index in [1.54, 1.807) is 0 Å². The molecule has 0 radical (unpaired) electrons. The van der Waals surface area contributed by atoms with Crippen LogP contribution in [-0.4, -0.2) is 107 Å². The highest BCUT2D eigenvalue weighted by atomic mass is 16.3. The number of piperazine rings is 2. The first kappa shape index (κ1) is 23.4. The molecule has 32 heavy (non-hydrogen) atoms. The number of aromatic nitrogens is 1. The molecule has 1 amide bonds. The number of amides is 1. The quantitative estimate of drug-likeness (QED) is 0.581. The van der Waals surface area contributed by atoms with Crippen LogP contribution in [0.15, 0.2) is 23.3 Å². The van der Waals surface area contributed by atoms with Gasteiger partial charge in [-0.25, -0.2) is 4.98 Å². The number of hydrogen-bond acceptors (Lipinski definition) is 7. The molecule has 1 unspecified atom stereocenters. The topological polar surface area (TPSA) is 76.3 Å². The number of rotatable bonds is 9. The van der Waals surface area contributed by atoms with E-state index in [1.165, 1.54) is 31.9 Å². The highest BCUT2D eigenvalue weighted by Crippen LogP contribution is 2.24. The summed E-state index contributed by atoms with van der Waals surface area (Å²) >= 11 is 0. The number of β-amino-alcohol motifs (C(OH)–C–C–N with tert-alkyl or cyclic N) is 1. The normalized spacial score (nSPS) is 23.0. The fourth-order valence-corrected chi connectivity index (χ4v) is 5.22. The van der Waals surface area contributed by atoms with Crippen LogP contribution in [0.1, 0.15) is 54.9 Å². The predicted molar refractivity (Wildman–Crippen MR) is 123 cm³/mol. The van der Waals surface area contributed by atoms with Gasteiger partial charge in [-0.2, -0.15) is 0 Å². The molecule has 3 fully saturated rings. The third-order valence-electron chi connectivity index (χ3n) is 7.21. The Hall–Kier alpha value is -1.74. The molecule has 8 nitrogen and oxygen atoms in total. The second-order valence-corrected chi connectivity index (χ2v) is 9.49. The summed E-state index contributed by atoms with van der Waals surface area (Å²) in [4.78, 5) is 26.5. The number of aliphatic hydroxyl groups is 1. The van der Waals surface area contributed by atoms with E-state index in [2.05, 4.69) is 26.3 Å². The molecule has 0 spiro atoms. The van der Waals surface area contributed by atoms with Crippen molar-refractivity contribution in [2.45, 2.75) is 57.2 Å². The van der Waals surface area contributed by atoms with Crippen LogP contribution in [-0.2, 0) is 6.54 Å². The van der Waals surface area contributed by atoms with Crippen molar-refractivity contribution in [3.8, 4) is 0 Å². The summed E-state index contributed by atoms with van der Waals surface area (Å²) in [6, 6.07) is 0.724. The summed E-state index contributed by atoms with van der Waals surface area (Å²) < 4.78 is 5.64. The van der Waals surface area contributed by atoms with Gasteiger partial charge < -0.3 is 14.4 Å². The first-order valence-electron chi connectivity index (χ1n) is 12.3. The molecule has 1 N–H and O–H groups in total. The highest BCUT2D eigenvalue weighted by Gasteiger charge is 2.29. The van der Waals surface area contributed by atoms with Gasteiger partial charge in [0.05, 0.1) is 12.6 Å². The monoisotopic (exact) mass is 445 g/mol. The van der Waals surface area contributed by atoms with Crippen LogP contribution in [0.2, 0.25) is 0 Å². The molecule has 1 saturated carbocycles. The minimum absolute atomic E-state index is 0.00981. The summed E-state index contributed by atoms with van der Waals surface area (Å²) in [5, 5.41) is 10.1. The molecule has 3 heterocycles. The highest BCUT2D eigenvalue weighted by molar-refractivity contribution is 5.92. The zero-order valence-electron chi connectivity index (χ0n) is 19.3. The number of carbonyl (C=O) groups excluding carboxylic acids is 1. The number of aliphatic hydroxyl groups excluding tert-OH is 1. The van der Waals surface area contributed by atoms with E-state index >= 15 is 0 Å². The SMILES string of the molecule is C=CCCC(O)CN1CCN(Cc2nc(C(=O)N3CCN(C4CCCC4)CC3)co2)CC1. The van der Waals surface area contributed by atoms with Gasteiger partial charge in [0.15, 0.2) is 5.69 Å². The largest absolute Gasteiger partial charge is 0.447 e. The maximum Gasteiger partial charge on any atom is 0.275 e. The van der Waals surface area contributed by atoms with Gasteiger partial charge in [0.2, 0.25) is 5.89 Å². The Kier molecular flexibility index (Phi) is 8.35. The van der Waals surface area contributed by atoms with E-state index in [9.17, 15) is 9.90 Å². The molecule has 1 atom stereocenters. The minimum Gasteiger partial charge on any atom is -0.447 e. The Labute approximate surface area is 191 Å². The maximum absolute atomic E-state index is 12.9. The smallest absolute Gasteiger partial charge is 0.275 e. The second-order valence-electron chi connectivity index (χ2n) is 9.49. The Bertz CT molecular complexity index is 732. The van der Waals surface area contributed by atoms with Gasteiger partial charge in [0, 0.05) is 64.9 Å². The van der Waals surface area contributed by atoms with Crippen molar-refractivity contribution in [3.63, 3.8) is 0 Å². The van der Waals surface area contributed by atoms with Crippen molar-refractivity contribution >= 4 is 5.91 Å². The molecule has 1 aromatic heterocycles. The van der Waals surface area contributed by atoms with Gasteiger partial charge in [0.25, 0.3) is 5.91 Å². The van der Waals surface area contributed by atoms with Crippen LogP contribution in [0, 0.1) is 0 Å². The van der Waals surface area contributed by atoms with Gasteiger partial charge in [0.1, 0.15) is 6.26 Å². The molecule has 0 aromatic carbocycles. The van der Waals surface area contributed by atoms with Gasteiger partial charge in [-0.3, -0.25) is 19.5 Å². The molecular weight excluding hydrogens is 406 g/mol. The lowest BCUT2D eigenvalue weighted by Crippen LogP contribution is -2.51. The zero-order valence-corrected chi connectivity index (χ0v) is 19.3. The Morgan fingerprint density at radius 2 is 1.81 bits per heavy atom. The number of oxazole rings is 1. The van der Waals surface area contributed by atoms with Gasteiger partial charge in [-0.05, 0) is 25.7 Å². The molecule has 3 aliphatic rings. The molecule has 178 valence electrons. The summed E-state index contributed by atoms with van der Waals surface area (Å²) in [5.41, 5.74) is 0.429. The van der Waals surface area contributed by atoms with Gasteiger partial charge >= 0.3 is 0 Å². The molecule has 0 bridgehead atoms. The van der Waals surface area contributed by atoms with E-state index in [-0.39, 0.29) is 12.0 Å². The molecule has 2 aliphatic heterocycles. The number of carbonyl (C=O) groups is 1. The van der Waals surface area contributed by atoms with Crippen molar-refractivity contribution < 1.29 is 14.3 Å². The minimum atomic E-state index is -0.292. The van der Waals surface area contributed by atoms with Crippen molar-refractivity contribution in [1.29, 1.82) is 0 Å². The van der Waals surface area contributed by atoms with Crippen molar-refractivity contribution in [1.82, 2.24) is 24.6 Å². The van der Waals surface area contributed by atoms with Crippen LogP contribution < -0.4 is 0 Å². The average molecular weight is 446 g/mol. The lowest BCUT2D eigenvalue weighted by molar-refractivity contribution is 0.0567. The summed E-state index contributed by atoms with van der Waals surface area (Å²) in [7, 11) is 0. The molecule has 2 saturated heterocycles. The first-order valence-corrected chi connectivity index (χ1v) is 12.3. The van der Waals surface area contributed by atoms with E-state index in [4.69, 9.17) is 4.42 Å². The van der Waals surface area contributed by atoms with Crippen molar-refractivity contribution in [3.05, 3.63) is 30.5 Å². The maximum atomic E-state index is 12.9. The van der Waals surface area contributed by atoms with Crippen LogP contribution in [0.4, 0.5) is 0 Å². The average Bonchev–Trinajstić information content (AvgIpc) is 3.51. The van der Waals surface area contributed by atoms with Crippen LogP contribution >= 0.6 is 0 Å². The lowest BCUT2D eigenvalue weighted by Gasteiger charge is -2.37. The van der Waals surface area contributed by atoms with E-state index in [0.717, 1.165) is 71.2 Å². The Balaban J connectivity index is 1.19. The van der Waals surface area contributed by atoms with Crippen molar-refractivity contribution in [2.75, 3.05) is 58.9 Å². The number of allylic oxidation sites excluding steroid dienone is 1. The van der Waals surface area contributed by atoms with Gasteiger partial charge in [-0.1, -0.05) is 18.9 Å². The Morgan fingerprint density at radius 1 is 1.12 bits per heavy atom. The fraction of sp³-hybridized carbons (Fsp3) is 0.750. The van der Waals surface area contributed by atoms with E-state index < -0.39 is 0 Å². The van der Waals surface area contributed by atoms with Crippen molar-refractivity contribution in [2.24, 2.45) is 0 Å². The zero-order chi connectivity index (χ0) is 22.3. The molecule has 1 aromatic rings. The van der Waals surface area contributed by atoms with Crippen LogP contribution in [0.5, 0.6) is 0 Å². The summed E-state index contributed by atoms with van der Waals surface area (Å²) in [6.07, 6.45) is 10.0.